The molecule has 1 aliphatic rings. The maximum Gasteiger partial charge on any atom is 0.337 e. The van der Waals surface area contributed by atoms with Crippen LogP contribution in [-0.4, -0.2) is 46.3 Å². The molecule has 3 rings (SSSR count). The molecular formula is C29H43N3O4. The number of carbonyl (C=O) groups is 1. The number of nitrogens with zero attached hydrogens (tertiary/aromatic N) is 3. The molecule has 0 saturated carbocycles. The fourth-order valence-electron chi connectivity index (χ4n) is 4.31. The summed E-state index contributed by atoms with van der Waals surface area (Å²) in [6.07, 6.45) is 5.36. The number of anilines is 1. The van der Waals surface area contributed by atoms with E-state index in [0.717, 1.165) is 60.7 Å². The monoisotopic (exact) mass is 497 g/mol. The van der Waals surface area contributed by atoms with Gasteiger partial charge in [-0.05, 0) is 70.4 Å². The molecule has 1 unspecified atom stereocenters. The maximum absolute atomic E-state index is 12.0. The van der Waals surface area contributed by atoms with Crippen molar-refractivity contribution in [2.24, 2.45) is 11.3 Å². The van der Waals surface area contributed by atoms with E-state index in [2.05, 4.69) is 43.6 Å². The van der Waals surface area contributed by atoms with Crippen LogP contribution in [0.15, 0.2) is 24.5 Å². The van der Waals surface area contributed by atoms with E-state index in [9.17, 15) is 9.90 Å². The van der Waals surface area contributed by atoms with Crippen LogP contribution in [0.2, 0.25) is 0 Å². The van der Waals surface area contributed by atoms with Crippen LogP contribution in [0.25, 0.3) is 11.3 Å². The third kappa shape index (κ3) is 7.42. The molecule has 7 nitrogen and oxygen atoms in total. The third-order valence-electron chi connectivity index (χ3n) is 6.58. The van der Waals surface area contributed by atoms with Gasteiger partial charge in [-0.25, -0.2) is 9.78 Å². The van der Waals surface area contributed by atoms with Crippen molar-refractivity contribution in [3.63, 3.8) is 0 Å². The highest BCUT2D eigenvalue weighted by Crippen LogP contribution is 2.40. The zero-order chi connectivity index (χ0) is 26.7. The van der Waals surface area contributed by atoms with Gasteiger partial charge >= 0.3 is 5.97 Å². The number of aliphatic carboxylic acids is 1. The highest BCUT2D eigenvalue weighted by Gasteiger charge is 2.29. The van der Waals surface area contributed by atoms with Crippen molar-refractivity contribution in [3.05, 3.63) is 35.8 Å². The van der Waals surface area contributed by atoms with Crippen molar-refractivity contribution >= 4 is 11.7 Å². The molecule has 0 aromatic carbocycles. The van der Waals surface area contributed by atoms with E-state index >= 15 is 0 Å². The number of hydrogen-bond donors (Lipinski definition) is 1. The molecule has 36 heavy (non-hydrogen) atoms. The summed E-state index contributed by atoms with van der Waals surface area (Å²) in [5.41, 5.74) is 3.58. The van der Waals surface area contributed by atoms with E-state index in [1.54, 1.807) is 12.4 Å². The molecule has 1 N–H and O–H groups in total. The molecule has 7 heteroatoms. The Hall–Kier alpha value is -2.67. The quantitative estimate of drug-likeness (QED) is 0.426. The molecule has 1 saturated heterocycles. The lowest BCUT2D eigenvalue weighted by atomic mass is 9.82. The van der Waals surface area contributed by atoms with Gasteiger partial charge in [0.25, 0.3) is 0 Å². The van der Waals surface area contributed by atoms with E-state index in [1.165, 1.54) is 0 Å². The van der Waals surface area contributed by atoms with Gasteiger partial charge in [0.05, 0.1) is 29.3 Å². The second-order valence-electron chi connectivity index (χ2n) is 12.1. The Morgan fingerprint density at radius 1 is 1.17 bits per heavy atom. The van der Waals surface area contributed by atoms with Crippen LogP contribution in [0.5, 0.6) is 5.75 Å². The fourth-order valence-corrected chi connectivity index (χ4v) is 4.31. The molecule has 1 aliphatic heterocycles. The highest BCUT2D eigenvalue weighted by molar-refractivity contribution is 5.76. The number of carboxylic acids is 1. The van der Waals surface area contributed by atoms with Gasteiger partial charge in [0.1, 0.15) is 0 Å². The van der Waals surface area contributed by atoms with Gasteiger partial charge in [0, 0.05) is 36.6 Å². The lowest BCUT2D eigenvalue weighted by Crippen LogP contribution is -2.37. The number of hydrogen-bond acceptors (Lipinski definition) is 6. The summed E-state index contributed by atoms with van der Waals surface area (Å²) in [6.45, 7) is 19.1. The molecule has 0 amide bonds. The number of ether oxygens (including phenoxy) is 2. The van der Waals surface area contributed by atoms with Crippen molar-refractivity contribution in [1.29, 1.82) is 0 Å². The lowest BCUT2D eigenvalue weighted by Gasteiger charge is -2.39. The van der Waals surface area contributed by atoms with Crippen molar-refractivity contribution in [2.45, 2.75) is 86.4 Å². The zero-order valence-electron chi connectivity index (χ0n) is 23.2. The first-order chi connectivity index (χ1) is 16.8. The van der Waals surface area contributed by atoms with E-state index in [1.807, 2.05) is 33.8 Å². The number of piperidine rings is 1. The molecule has 1 fully saturated rings. The number of aromatic nitrogens is 2. The van der Waals surface area contributed by atoms with Gasteiger partial charge in [-0.2, -0.15) is 0 Å². The molecule has 2 aromatic heterocycles. The van der Waals surface area contributed by atoms with Gasteiger partial charge in [0.2, 0.25) is 0 Å². The van der Waals surface area contributed by atoms with Crippen molar-refractivity contribution < 1.29 is 19.4 Å². The Morgan fingerprint density at radius 3 is 2.42 bits per heavy atom. The van der Waals surface area contributed by atoms with Crippen LogP contribution < -0.4 is 9.64 Å². The molecule has 198 valence electrons. The van der Waals surface area contributed by atoms with E-state index in [0.29, 0.717) is 23.5 Å². The van der Waals surface area contributed by atoms with Crippen molar-refractivity contribution in [1.82, 2.24) is 9.97 Å². The Morgan fingerprint density at radius 2 is 1.83 bits per heavy atom. The summed E-state index contributed by atoms with van der Waals surface area (Å²) in [5.74, 6) is 0.351. The van der Waals surface area contributed by atoms with Crippen LogP contribution in [0.3, 0.4) is 0 Å². The Kier molecular flexibility index (Phi) is 8.65. The number of pyridine rings is 2. The summed E-state index contributed by atoms with van der Waals surface area (Å²) in [7, 11) is 0. The van der Waals surface area contributed by atoms with Crippen LogP contribution in [0.4, 0.5) is 5.69 Å². The predicted molar refractivity (Wildman–Crippen MR) is 144 cm³/mol. The summed E-state index contributed by atoms with van der Waals surface area (Å²) in [6, 6.07) is 3.89. The van der Waals surface area contributed by atoms with E-state index < -0.39 is 17.7 Å². The molecule has 0 spiro atoms. The first-order valence-corrected chi connectivity index (χ1v) is 13.0. The third-order valence-corrected chi connectivity index (χ3v) is 6.58. The van der Waals surface area contributed by atoms with Gasteiger partial charge in [0.15, 0.2) is 11.9 Å². The Balaban J connectivity index is 2.01. The first-order valence-electron chi connectivity index (χ1n) is 13.0. The summed E-state index contributed by atoms with van der Waals surface area (Å²) in [5, 5.41) is 9.82. The molecule has 2 aromatic rings. The first kappa shape index (κ1) is 27.9. The zero-order valence-corrected chi connectivity index (χ0v) is 23.2. The average molecular weight is 498 g/mol. The predicted octanol–water partition coefficient (Wildman–Crippen LogP) is 6.44. The van der Waals surface area contributed by atoms with Crippen LogP contribution in [-0.2, 0) is 9.53 Å². The standard InChI is InChI=1S/C29H43N3O4/c1-19(2)9-14-35-25-20(3)31-23(16-24(25)32-12-10-29(7,8)11-13-32)21-15-22(18-30-17-21)26(27(33)34)36-28(4,5)6/h15-19,26H,9-14H2,1-8H3,(H,33,34). The maximum atomic E-state index is 12.0. The van der Waals surface area contributed by atoms with Crippen LogP contribution in [0, 0.1) is 18.3 Å². The second-order valence-corrected chi connectivity index (χ2v) is 12.1. The number of aryl methyl sites for hydroxylation is 1. The van der Waals surface area contributed by atoms with Gasteiger partial charge in [-0.3, -0.25) is 4.98 Å². The minimum Gasteiger partial charge on any atom is -0.489 e. The largest absolute Gasteiger partial charge is 0.489 e. The van der Waals surface area contributed by atoms with Crippen LogP contribution >= 0.6 is 0 Å². The van der Waals surface area contributed by atoms with E-state index in [4.69, 9.17) is 14.5 Å². The van der Waals surface area contributed by atoms with Crippen LogP contribution in [0.1, 0.15) is 85.1 Å². The smallest absolute Gasteiger partial charge is 0.337 e. The van der Waals surface area contributed by atoms with Crippen molar-refractivity contribution in [3.8, 4) is 17.0 Å². The molecule has 0 bridgehead atoms. The average Bonchev–Trinajstić information content (AvgIpc) is 2.77. The highest BCUT2D eigenvalue weighted by atomic mass is 16.5. The number of carboxylic acid groups (broad SMARTS) is 1. The molecule has 0 aliphatic carbocycles. The Labute approximate surface area is 216 Å². The molecule has 1 atom stereocenters. The summed E-state index contributed by atoms with van der Waals surface area (Å²) < 4.78 is 12.1. The minimum absolute atomic E-state index is 0.331. The summed E-state index contributed by atoms with van der Waals surface area (Å²) >= 11 is 0. The lowest BCUT2D eigenvalue weighted by molar-refractivity contribution is -0.160. The van der Waals surface area contributed by atoms with Crippen molar-refractivity contribution in [2.75, 3.05) is 24.6 Å². The van der Waals surface area contributed by atoms with Gasteiger partial charge < -0.3 is 19.5 Å². The van der Waals surface area contributed by atoms with Gasteiger partial charge in [-0.1, -0.05) is 27.7 Å². The van der Waals surface area contributed by atoms with Gasteiger partial charge in [-0.15, -0.1) is 0 Å². The molecular weight excluding hydrogens is 454 g/mol. The molecule has 3 heterocycles. The second kappa shape index (κ2) is 11.2. The fraction of sp³-hybridized carbons (Fsp3) is 0.621. The summed E-state index contributed by atoms with van der Waals surface area (Å²) in [4.78, 5) is 23.6. The molecule has 0 radical (unpaired) electrons. The number of rotatable bonds is 9. The SMILES string of the molecule is Cc1nc(-c2cncc(C(OC(C)(C)C)C(=O)O)c2)cc(N2CCC(C)(C)CC2)c1OCCC(C)C. The normalized spacial score (nSPS) is 16.8. The topological polar surface area (TPSA) is 84.8 Å². The minimum atomic E-state index is -1.11. The van der Waals surface area contributed by atoms with E-state index in [-0.39, 0.29) is 0 Å². The Bertz CT molecular complexity index is 1050.